The zero-order valence-electron chi connectivity index (χ0n) is 18.5. The number of esters is 1. The van der Waals surface area contributed by atoms with Crippen LogP contribution in [0.3, 0.4) is 0 Å². The molecule has 0 spiro atoms. The molecule has 2 N–H and O–H groups in total. The molecule has 0 aliphatic rings. The van der Waals surface area contributed by atoms with Gasteiger partial charge in [-0.25, -0.2) is 4.79 Å². The number of phenols is 1. The van der Waals surface area contributed by atoms with E-state index in [1.165, 1.54) is 0 Å². The van der Waals surface area contributed by atoms with Crippen molar-refractivity contribution in [3.63, 3.8) is 0 Å². The molecule has 166 valence electrons. The zero-order chi connectivity index (χ0) is 22.9. The number of carbonyl (C=O) groups is 1. The molecule has 0 radical (unpaired) electrons. The minimum absolute atomic E-state index is 0.0840. The van der Waals surface area contributed by atoms with Gasteiger partial charge >= 0.3 is 5.97 Å². The molecule has 0 bridgehead atoms. The summed E-state index contributed by atoms with van der Waals surface area (Å²) in [6.45, 7) is 2.22. The Hall–Kier alpha value is -4.19. The molecule has 2 heterocycles. The maximum absolute atomic E-state index is 12.9. The number of nitrogens with one attached hydrogen (secondary N) is 1. The van der Waals surface area contributed by atoms with E-state index in [2.05, 4.69) is 4.98 Å². The Balaban J connectivity index is 1.64. The average molecular weight is 440 g/mol. The first-order chi connectivity index (χ1) is 16.1. The summed E-state index contributed by atoms with van der Waals surface area (Å²) in [5, 5.41) is 12.6. The third-order valence-corrected chi connectivity index (χ3v) is 5.86. The summed E-state index contributed by atoms with van der Waals surface area (Å²) >= 11 is 0. The Bertz CT molecular complexity index is 1430. The predicted octanol–water partition coefficient (Wildman–Crippen LogP) is 5.79. The Morgan fingerprint density at radius 1 is 1.03 bits per heavy atom. The van der Waals surface area contributed by atoms with Gasteiger partial charge in [-0.15, -0.1) is 0 Å². The monoisotopic (exact) mass is 440 g/mol. The molecule has 0 saturated carbocycles. The van der Waals surface area contributed by atoms with Crippen molar-refractivity contribution in [2.45, 2.75) is 13.5 Å². The van der Waals surface area contributed by atoms with Crippen molar-refractivity contribution in [3.05, 3.63) is 84.1 Å². The summed E-state index contributed by atoms with van der Waals surface area (Å²) in [5.41, 5.74) is 4.34. The number of rotatable bonds is 6. The highest BCUT2D eigenvalue weighted by Gasteiger charge is 2.24. The molecule has 6 nitrogen and oxygen atoms in total. The Morgan fingerprint density at radius 2 is 1.79 bits per heavy atom. The Kier molecular flexibility index (Phi) is 5.26. The van der Waals surface area contributed by atoms with Gasteiger partial charge in [-0.1, -0.05) is 36.4 Å². The molecule has 33 heavy (non-hydrogen) atoms. The number of aryl methyl sites for hydroxylation is 1. The lowest BCUT2D eigenvalue weighted by atomic mass is 10.1. The summed E-state index contributed by atoms with van der Waals surface area (Å²) < 4.78 is 13.2. The van der Waals surface area contributed by atoms with Crippen LogP contribution in [0.4, 0.5) is 0 Å². The number of phenolic OH excluding ortho intramolecular Hbond substituents is 1. The highest BCUT2D eigenvalue weighted by atomic mass is 16.5. The molecule has 0 aliphatic carbocycles. The van der Waals surface area contributed by atoms with Gasteiger partial charge in [0, 0.05) is 34.4 Å². The summed E-state index contributed by atoms with van der Waals surface area (Å²) in [7, 11) is 1.89. The first-order valence-corrected chi connectivity index (χ1v) is 10.8. The Morgan fingerprint density at radius 3 is 2.55 bits per heavy atom. The number of para-hydroxylation sites is 2. The predicted molar refractivity (Wildman–Crippen MR) is 129 cm³/mol. The van der Waals surface area contributed by atoms with Crippen LogP contribution < -0.4 is 4.74 Å². The normalized spacial score (nSPS) is 11.2. The standard InChI is InChI=1S/C27H24N2O4/c1-3-32-27(31)26-20-15-25(30)19(22-13-17-9-7-8-12-21(17)28-22)14-23(20)29(2)24(26)16-33-18-10-5-4-6-11-18/h4-15,28,30H,3,16H2,1-2H3. The highest BCUT2D eigenvalue weighted by Crippen LogP contribution is 2.38. The van der Waals surface area contributed by atoms with Crippen LogP contribution in [0.1, 0.15) is 23.0 Å². The van der Waals surface area contributed by atoms with Crippen molar-refractivity contribution in [2.75, 3.05) is 6.61 Å². The van der Waals surface area contributed by atoms with Gasteiger partial charge in [-0.3, -0.25) is 0 Å². The van der Waals surface area contributed by atoms with Gasteiger partial charge in [0.05, 0.1) is 23.6 Å². The second kappa shape index (κ2) is 8.39. The largest absolute Gasteiger partial charge is 0.507 e. The van der Waals surface area contributed by atoms with Gasteiger partial charge in [0.2, 0.25) is 0 Å². The molecule has 0 amide bonds. The number of ether oxygens (including phenoxy) is 2. The smallest absolute Gasteiger partial charge is 0.340 e. The number of hydrogen-bond acceptors (Lipinski definition) is 4. The molecule has 0 aliphatic heterocycles. The SMILES string of the molecule is CCOC(=O)c1c(COc2ccccc2)n(C)c2cc(-c3cc4ccccc4[nH]3)c(O)cc12. The van der Waals surface area contributed by atoms with Crippen LogP contribution in [0.2, 0.25) is 0 Å². The lowest BCUT2D eigenvalue weighted by Gasteiger charge is -2.10. The molecule has 0 unspecified atom stereocenters. The summed E-state index contributed by atoms with van der Waals surface area (Å²) in [6.07, 6.45) is 0. The van der Waals surface area contributed by atoms with Crippen LogP contribution in [-0.4, -0.2) is 27.2 Å². The number of benzene rings is 3. The number of carbonyl (C=O) groups excluding carboxylic acids is 1. The fraction of sp³-hybridized carbons (Fsp3) is 0.148. The lowest BCUT2D eigenvalue weighted by molar-refractivity contribution is 0.0525. The van der Waals surface area contributed by atoms with Crippen LogP contribution >= 0.6 is 0 Å². The third-order valence-electron chi connectivity index (χ3n) is 5.86. The maximum Gasteiger partial charge on any atom is 0.340 e. The number of aromatic nitrogens is 2. The molecule has 0 fully saturated rings. The van der Waals surface area contributed by atoms with E-state index < -0.39 is 5.97 Å². The summed E-state index contributed by atoms with van der Waals surface area (Å²) in [6, 6.07) is 22.9. The van der Waals surface area contributed by atoms with E-state index >= 15 is 0 Å². The van der Waals surface area contributed by atoms with E-state index in [1.807, 2.05) is 78.3 Å². The third kappa shape index (κ3) is 3.69. The average Bonchev–Trinajstić information content (AvgIpc) is 3.36. The quantitative estimate of drug-likeness (QED) is 0.328. The summed E-state index contributed by atoms with van der Waals surface area (Å²) in [4.78, 5) is 16.3. The van der Waals surface area contributed by atoms with Crippen molar-refractivity contribution >= 4 is 27.8 Å². The molecule has 0 saturated heterocycles. The van der Waals surface area contributed by atoms with E-state index in [0.29, 0.717) is 28.0 Å². The summed E-state index contributed by atoms with van der Waals surface area (Å²) in [5.74, 6) is 0.354. The van der Waals surface area contributed by atoms with Gasteiger partial charge in [0.25, 0.3) is 0 Å². The molecule has 5 aromatic rings. The van der Waals surface area contributed by atoms with E-state index in [0.717, 1.165) is 22.1 Å². The molecule has 2 aromatic heterocycles. The van der Waals surface area contributed by atoms with Crippen molar-refractivity contribution in [1.29, 1.82) is 0 Å². The van der Waals surface area contributed by atoms with Crippen molar-refractivity contribution < 1.29 is 19.4 Å². The number of aromatic hydroxyl groups is 1. The Labute approximate surface area is 191 Å². The highest BCUT2D eigenvalue weighted by molar-refractivity contribution is 6.07. The fourth-order valence-electron chi connectivity index (χ4n) is 4.23. The minimum Gasteiger partial charge on any atom is -0.507 e. The van der Waals surface area contributed by atoms with Crippen molar-refractivity contribution in [1.82, 2.24) is 9.55 Å². The minimum atomic E-state index is -0.437. The fourth-order valence-corrected chi connectivity index (χ4v) is 4.23. The van der Waals surface area contributed by atoms with Gasteiger partial charge in [0.1, 0.15) is 18.1 Å². The van der Waals surface area contributed by atoms with Gasteiger partial charge < -0.3 is 24.1 Å². The molecule has 5 rings (SSSR count). The molecule has 0 atom stereocenters. The zero-order valence-corrected chi connectivity index (χ0v) is 18.5. The molecular weight excluding hydrogens is 416 g/mol. The number of aromatic amines is 1. The lowest BCUT2D eigenvalue weighted by Crippen LogP contribution is -2.11. The number of H-pyrrole nitrogens is 1. The number of fused-ring (bicyclic) bond motifs is 2. The van der Waals surface area contributed by atoms with E-state index in [-0.39, 0.29) is 19.0 Å². The molecule has 3 aromatic carbocycles. The second-order valence-corrected chi connectivity index (χ2v) is 7.86. The van der Waals surface area contributed by atoms with E-state index in [4.69, 9.17) is 9.47 Å². The van der Waals surface area contributed by atoms with Crippen LogP contribution in [0, 0.1) is 0 Å². The first kappa shape index (κ1) is 20.7. The topological polar surface area (TPSA) is 76.5 Å². The van der Waals surface area contributed by atoms with Crippen molar-refractivity contribution in [2.24, 2.45) is 7.05 Å². The van der Waals surface area contributed by atoms with Crippen LogP contribution in [0.5, 0.6) is 11.5 Å². The van der Waals surface area contributed by atoms with Gasteiger partial charge in [-0.2, -0.15) is 0 Å². The molecular formula is C27H24N2O4. The second-order valence-electron chi connectivity index (χ2n) is 7.86. The van der Waals surface area contributed by atoms with Crippen LogP contribution in [0.25, 0.3) is 33.1 Å². The van der Waals surface area contributed by atoms with Crippen LogP contribution in [-0.2, 0) is 18.4 Å². The molecule has 6 heteroatoms. The first-order valence-electron chi connectivity index (χ1n) is 10.8. The van der Waals surface area contributed by atoms with Gasteiger partial charge in [0.15, 0.2) is 0 Å². The van der Waals surface area contributed by atoms with E-state index in [1.54, 1.807) is 13.0 Å². The number of hydrogen-bond donors (Lipinski definition) is 2. The van der Waals surface area contributed by atoms with Crippen molar-refractivity contribution in [3.8, 4) is 22.8 Å². The van der Waals surface area contributed by atoms with Crippen LogP contribution in [0.15, 0.2) is 72.8 Å². The van der Waals surface area contributed by atoms with E-state index in [9.17, 15) is 9.90 Å². The maximum atomic E-state index is 12.9. The van der Waals surface area contributed by atoms with Gasteiger partial charge in [-0.05, 0) is 43.3 Å². The number of nitrogens with zero attached hydrogens (tertiary/aromatic N) is 1.